The molecule has 1 aliphatic rings. The van der Waals surface area contributed by atoms with Gasteiger partial charge < -0.3 is 14.8 Å². The van der Waals surface area contributed by atoms with Crippen molar-refractivity contribution in [1.29, 1.82) is 0 Å². The van der Waals surface area contributed by atoms with Gasteiger partial charge in [-0.3, -0.25) is 9.69 Å². The van der Waals surface area contributed by atoms with Gasteiger partial charge in [0.05, 0.1) is 20.3 Å². The van der Waals surface area contributed by atoms with Crippen molar-refractivity contribution in [1.82, 2.24) is 10.2 Å². The molecule has 2 aromatic carbocycles. The van der Waals surface area contributed by atoms with Crippen molar-refractivity contribution < 1.29 is 28.2 Å². The number of carbonyl (C=O) groups is 3. The first-order valence-electron chi connectivity index (χ1n) is 9.15. The first kappa shape index (κ1) is 23.4. The molecular formula is C21H17FI2N2O5. The van der Waals surface area contributed by atoms with Gasteiger partial charge in [0, 0.05) is 5.56 Å². The number of benzene rings is 2. The third-order valence-electron chi connectivity index (χ3n) is 4.22. The highest BCUT2D eigenvalue weighted by Gasteiger charge is 2.34. The number of esters is 1. The smallest absolute Gasteiger partial charge is 0.344 e. The molecule has 1 fully saturated rings. The van der Waals surface area contributed by atoms with E-state index in [-0.39, 0.29) is 31.0 Å². The second-order valence-electron chi connectivity index (χ2n) is 6.38. The molecule has 3 rings (SSSR count). The minimum atomic E-state index is -0.613. The predicted octanol–water partition coefficient (Wildman–Crippen LogP) is 4.07. The summed E-state index contributed by atoms with van der Waals surface area (Å²) >= 11 is 4.13. The number of amides is 3. The van der Waals surface area contributed by atoms with Crippen LogP contribution >= 0.6 is 45.2 Å². The number of nitrogens with one attached hydrogen (secondary N) is 1. The number of halogens is 3. The van der Waals surface area contributed by atoms with Crippen LogP contribution in [0.4, 0.5) is 9.18 Å². The summed E-state index contributed by atoms with van der Waals surface area (Å²) in [5.41, 5.74) is 1.00. The molecule has 1 N–H and O–H groups in total. The van der Waals surface area contributed by atoms with Gasteiger partial charge in [-0.05, 0) is 81.9 Å². The molecule has 0 unspecified atom stereocenters. The van der Waals surface area contributed by atoms with E-state index in [4.69, 9.17) is 9.47 Å². The molecular weight excluding hydrogens is 633 g/mol. The lowest BCUT2D eigenvalue weighted by Crippen LogP contribution is -2.30. The lowest BCUT2D eigenvalue weighted by molar-refractivity contribution is -0.145. The maximum absolute atomic E-state index is 13.9. The van der Waals surface area contributed by atoms with Gasteiger partial charge in [-0.2, -0.15) is 0 Å². The number of urea groups is 1. The summed E-state index contributed by atoms with van der Waals surface area (Å²) < 4.78 is 25.7. The van der Waals surface area contributed by atoms with Crippen molar-refractivity contribution in [2.24, 2.45) is 0 Å². The zero-order valence-electron chi connectivity index (χ0n) is 16.3. The standard InChI is InChI=1S/C21H17FI2N2O5/c1-2-30-18(27)11-31-19-15(23)7-12(8-16(19)24)9-17-20(28)26(21(29)25-17)10-13-5-3-4-6-14(13)22/h3-9H,2,10-11H2,1H3,(H,25,29)/b17-9+. The molecule has 162 valence electrons. The summed E-state index contributed by atoms with van der Waals surface area (Å²) in [7, 11) is 0. The fraction of sp³-hybridized carbons (Fsp3) is 0.190. The number of hydrogen-bond acceptors (Lipinski definition) is 5. The van der Waals surface area contributed by atoms with E-state index in [0.29, 0.717) is 11.3 Å². The first-order valence-corrected chi connectivity index (χ1v) is 11.3. The van der Waals surface area contributed by atoms with E-state index in [2.05, 4.69) is 50.5 Å². The van der Waals surface area contributed by atoms with Gasteiger partial charge in [-0.25, -0.2) is 14.0 Å². The largest absolute Gasteiger partial charge is 0.480 e. The second kappa shape index (κ2) is 10.4. The number of imide groups is 1. The molecule has 0 radical (unpaired) electrons. The van der Waals surface area contributed by atoms with Crippen molar-refractivity contribution in [2.75, 3.05) is 13.2 Å². The zero-order chi connectivity index (χ0) is 22.5. The van der Waals surface area contributed by atoms with Crippen LogP contribution in [0.5, 0.6) is 5.75 Å². The normalized spacial score (nSPS) is 14.7. The van der Waals surface area contributed by atoms with E-state index >= 15 is 0 Å². The number of hydrogen-bond donors (Lipinski definition) is 1. The van der Waals surface area contributed by atoms with Crippen LogP contribution in [0.1, 0.15) is 18.1 Å². The zero-order valence-corrected chi connectivity index (χ0v) is 20.6. The highest BCUT2D eigenvalue weighted by atomic mass is 127. The molecule has 7 nitrogen and oxygen atoms in total. The van der Waals surface area contributed by atoms with Crippen LogP contribution in [-0.4, -0.2) is 36.0 Å². The summed E-state index contributed by atoms with van der Waals surface area (Å²) in [6.45, 7) is 1.62. The summed E-state index contributed by atoms with van der Waals surface area (Å²) in [5, 5.41) is 2.53. The van der Waals surface area contributed by atoms with E-state index in [1.807, 2.05) is 0 Å². The predicted molar refractivity (Wildman–Crippen MR) is 127 cm³/mol. The van der Waals surface area contributed by atoms with Gasteiger partial charge in [0.15, 0.2) is 6.61 Å². The maximum Gasteiger partial charge on any atom is 0.344 e. The van der Waals surface area contributed by atoms with E-state index in [1.165, 1.54) is 12.1 Å². The van der Waals surface area contributed by atoms with Crippen LogP contribution in [0.15, 0.2) is 42.1 Å². The average molecular weight is 650 g/mol. The summed E-state index contributed by atoms with van der Waals surface area (Å²) in [4.78, 5) is 37.4. The first-order chi connectivity index (χ1) is 14.8. The summed E-state index contributed by atoms with van der Waals surface area (Å²) in [5.74, 6) is -0.960. The highest BCUT2D eigenvalue weighted by Crippen LogP contribution is 2.30. The molecule has 0 aromatic heterocycles. The highest BCUT2D eigenvalue weighted by molar-refractivity contribution is 14.1. The molecule has 0 spiro atoms. The minimum Gasteiger partial charge on any atom is -0.480 e. The van der Waals surface area contributed by atoms with Crippen molar-refractivity contribution in [3.05, 3.63) is 66.2 Å². The molecule has 0 atom stereocenters. The molecule has 31 heavy (non-hydrogen) atoms. The van der Waals surface area contributed by atoms with Crippen molar-refractivity contribution in [3.63, 3.8) is 0 Å². The van der Waals surface area contributed by atoms with Gasteiger partial charge in [-0.1, -0.05) is 18.2 Å². The van der Waals surface area contributed by atoms with Gasteiger partial charge in [-0.15, -0.1) is 0 Å². The fourth-order valence-electron chi connectivity index (χ4n) is 2.81. The number of nitrogens with zero attached hydrogens (tertiary/aromatic N) is 1. The molecule has 0 aliphatic carbocycles. The molecule has 3 amide bonds. The summed E-state index contributed by atoms with van der Waals surface area (Å²) in [6, 6.07) is 8.89. The molecule has 1 heterocycles. The summed E-state index contributed by atoms with van der Waals surface area (Å²) in [6.07, 6.45) is 1.54. The van der Waals surface area contributed by atoms with Crippen molar-refractivity contribution >= 4 is 69.2 Å². The Morgan fingerprint density at radius 1 is 1.19 bits per heavy atom. The van der Waals surface area contributed by atoms with E-state index in [9.17, 15) is 18.8 Å². The quantitative estimate of drug-likeness (QED) is 0.212. The van der Waals surface area contributed by atoms with Gasteiger partial charge in [0.1, 0.15) is 17.3 Å². The van der Waals surface area contributed by atoms with Gasteiger partial charge >= 0.3 is 12.0 Å². The monoisotopic (exact) mass is 650 g/mol. The van der Waals surface area contributed by atoms with Crippen molar-refractivity contribution in [2.45, 2.75) is 13.5 Å². The van der Waals surface area contributed by atoms with Crippen LogP contribution in [-0.2, 0) is 20.9 Å². The third kappa shape index (κ3) is 5.73. The van der Waals surface area contributed by atoms with E-state index in [0.717, 1.165) is 12.0 Å². The Hall–Kier alpha value is -2.22. The van der Waals surface area contributed by atoms with Crippen LogP contribution in [0.2, 0.25) is 0 Å². The van der Waals surface area contributed by atoms with Crippen LogP contribution < -0.4 is 10.1 Å². The molecule has 10 heteroatoms. The Balaban J connectivity index is 1.77. The molecule has 2 aromatic rings. The SMILES string of the molecule is CCOC(=O)COc1c(I)cc(/C=C2/NC(=O)N(Cc3ccccc3F)C2=O)cc1I. The molecule has 1 saturated heterocycles. The Morgan fingerprint density at radius 3 is 2.52 bits per heavy atom. The topological polar surface area (TPSA) is 84.9 Å². The molecule has 1 aliphatic heterocycles. The van der Waals surface area contributed by atoms with Crippen LogP contribution in [0, 0.1) is 13.0 Å². The van der Waals surface area contributed by atoms with E-state index < -0.39 is 23.7 Å². The Labute approximate surface area is 205 Å². The lowest BCUT2D eigenvalue weighted by Gasteiger charge is -2.12. The Bertz CT molecular complexity index is 1050. The number of carbonyl (C=O) groups excluding carboxylic acids is 3. The molecule has 0 bridgehead atoms. The molecule has 0 saturated carbocycles. The maximum atomic E-state index is 13.9. The minimum absolute atomic E-state index is 0.0909. The van der Waals surface area contributed by atoms with Crippen LogP contribution in [0.25, 0.3) is 6.08 Å². The lowest BCUT2D eigenvalue weighted by atomic mass is 10.1. The second-order valence-corrected chi connectivity index (χ2v) is 8.70. The van der Waals surface area contributed by atoms with Crippen molar-refractivity contribution in [3.8, 4) is 5.75 Å². The fourth-order valence-corrected chi connectivity index (χ4v) is 4.94. The average Bonchev–Trinajstić information content (AvgIpc) is 2.96. The number of ether oxygens (including phenoxy) is 2. The van der Waals surface area contributed by atoms with E-state index in [1.54, 1.807) is 37.3 Å². The Kier molecular flexibility index (Phi) is 7.86. The van der Waals surface area contributed by atoms with Gasteiger partial charge in [0.25, 0.3) is 5.91 Å². The third-order valence-corrected chi connectivity index (χ3v) is 5.82. The Morgan fingerprint density at radius 2 is 1.87 bits per heavy atom. The number of rotatable bonds is 7. The van der Waals surface area contributed by atoms with Gasteiger partial charge in [0.2, 0.25) is 0 Å². The van der Waals surface area contributed by atoms with Crippen LogP contribution in [0.3, 0.4) is 0 Å².